The zero-order chi connectivity index (χ0) is 13.0. The molecule has 0 aromatic heterocycles. The van der Waals surface area contributed by atoms with E-state index < -0.39 is 5.82 Å². The summed E-state index contributed by atoms with van der Waals surface area (Å²) in [5, 5.41) is 2.96. The SMILES string of the molecule is CCCCC(C)Nc1c(N)cc(N)c(Cl)c1F. The van der Waals surface area contributed by atoms with Gasteiger partial charge in [-0.15, -0.1) is 0 Å². The second-order valence-corrected chi connectivity index (χ2v) is 4.62. The van der Waals surface area contributed by atoms with Crippen molar-refractivity contribution in [3.8, 4) is 0 Å². The molecule has 0 amide bonds. The van der Waals surface area contributed by atoms with Gasteiger partial charge in [-0.3, -0.25) is 0 Å². The number of halogens is 2. The third-order valence-corrected chi connectivity index (χ3v) is 3.03. The molecule has 3 nitrogen and oxygen atoms in total. The average molecular weight is 260 g/mol. The van der Waals surface area contributed by atoms with Gasteiger partial charge in [-0.25, -0.2) is 4.39 Å². The third-order valence-electron chi connectivity index (χ3n) is 2.65. The van der Waals surface area contributed by atoms with Gasteiger partial charge in [0.1, 0.15) is 5.02 Å². The highest BCUT2D eigenvalue weighted by molar-refractivity contribution is 6.33. The summed E-state index contributed by atoms with van der Waals surface area (Å²) in [4.78, 5) is 0. The topological polar surface area (TPSA) is 64.1 Å². The van der Waals surface area contributed by atoms with Gasteiger partial charge in [0, 0.05) is 6.04 Å². The monoisotopic (exact) mass is 259 g/mol. The van der Waals surface area contributed by atoms with E-state index in [-0.39, 0.29) is 28.1 Å². The summed E-state index contributed by atoms with van der Waals surface area (Å²) in [6.07, 6.45) is 3.14. The van der Waals surface area contributed by atoms with Gasteiger partial charge in [-0.2, -0.15) is 0 Å². The highest BCUT2D eigenvalue weighted by atomic mass is 35.5. The van der Waals surface area contributed by atoms with Crippen LogP contribution in [-0.4, -0.2) is 6.04 Å². The smallest absolute Gasteiger partial charge is 0.169 e. The first kappa shape index (κ1) is 13.9. The lowest BCUT2D eigenvalue weighted by Crippen LogP contribution is -2.17. The van der Waals surface area contributed by atoms with Gasteiger partial charge in [0.05, 0.1) is 17.1 Å². The molecule has 0 spiro atoms. The van der Waals surface area contributed by atoms with Crippen LogP contribution in [0, 0.1) is 5.82 Å². The summed E-state index contributed by atoms with van der Waals surface area (Å²) < 4.78 is 13.9. The van der Waals surface area contributed by atoms with E-state index in [2.05, 4.69) is 12.2 Å². The minimum Gasteiger partial charge on any atom is -0.397 e. The first-order valence-electron chi connectivity index (χ1n) is 5.76. The molecule has 96 valence electrons. The third kappa shape index (κ3) is 3.40. The fourth-order valence-corrected chi connectivity index (χ4v) is 1.79. The van der Waals surface area contributed by atoms with Crippen molar-refractivity contribution in [3.63, 3.8) is 0 Å². The molecular formula is C12H19ClFN3. The van der Waals surface area contributed by atoms with E-state index in [1.807, 2.05) is 6.92 Å². The summed E-state index contributed by atoms with van der Waals surface area (Å²) in [7, 11) is 0. The Morgan fingerprint density at radius 1 is 1.41 bits per heavy atom. The Morgan fingerprint density at radius 3 is 2.65 bits per heavy atom. The molecule has 0 fully saturated rings. The highest BCUT2D eigenvalue weighted by Gasteiger charge is 2.15. The van der Waals surface area contributed by atoms with Crippen molar-refractivity contribution in [3.05, 3.63) is 16.9 Å². The predicted octanol–water partition coefficient (Wildman–Crippen LogP) is 3.63. The maximum absolute atomic E-state index is 13.9. The van der Waals surface area contributed by atoms with Gasteiger partial charge in [0.15, 0.2) is 5.82 Å². The van der Waals surface area contributed by atoms with Crippen LogP contribution in [0.1, 0.15) is 33.1 Å². The summed E-state index contributed by atoms with van der Waals surface area (Å²) in [5.74, 6) is -0.576. The van der Waals surface area contributed by atoms with Crippen molar-refractivity contribution in [2.24, 2.45) is 0 Å². The zero-order valence-corrected chi connectivity index (χ0v) is 10.9. The molecule has 1 atom stereocenters. The number of nitrogens with two attached hydrogens (primary N) is 2. The van der Waals surface area contributed by atoms with Gasteiger partial charge in [-0.05, 0) is 19.4 Å². The van der Waals surface area contributed by atoms with Crippen molar-refractivity contribution in [1.82, 2.24) is 0 Å². The predicted molar refractivity (Wildman–Crippen MR) is 72.8 cm³/mol. The van der Waals surface area contributed by atoms with Crippen molar-refractivity contribution in [1.29, 1.82) is 0 Å². The molecule has 0 heterocycles. The van der Waals surface area contributed by atoms with Gasteiger partial charge < -0.3 is 16.8 Å². The van der Waals surface area contributed by atoms with E-state index >= 15 is 0 Å². The van der Waals surface area contributed by atoms with E-state index in [0.29, 0.717) is 0 Å². The number of benzene rings is 1. The lowest BCUT2D eigenvalue weighted by molar-refractivity contribution is 0.614. The molecule has 0 aliphatic carbocycles. The van der Waals surface area contributed by atoms with Gasteiger partial charge in [-0.1, -0.05) is 31.4 Å². The first-order chi connectivity index (χ1) is 7.97. The molecule has 0 aliphatic rings. The summed E-state index contributed by atoms with van der Waals surface area (Å²) >= 11 is 5.75. The molecule has 1 aromatic carbocycles. The van der Waals surface area contributed by atoms with E-state index in [1.54, 1.807) is 0 Å². The van der Waals surface area contributed by atoms with Gasteiger partial charge >= 0.3 is 0 Å². The normalized spacial score (nSPS) is 12.5. The number of anilines is 3. The maximum atomic E-state index is 13.9. The lowest BCUT2D eigenvalue weighted by atomic mass is 10.1. The van der Waals surface area contributed by atoms with Crippen LogP contribution in [0.5, 0.6) is 0 Å². The minimum absolute atomic E-state index is 0.0793. The number of nitrogen functional groups attached to an aromatic ring is 2. The number of unbranched alkanes of at least 4 members (excludes halogenated alkanes) is 1. The fourth-order valence-electron chi connectivity index (χ4n) is 1.64. The van der Waals surface area contributed by atoms with Crippen molar-refractivity contribution >= 4 is 28.7 Å². The largest absolute Gasteiger partial charge is 0.397 e. The molecule has 1 unspecified atom stereocenters. The standard InChI is InChI=1S/C12H19ClFN3/c1-3-4-5-7(2)17-12-9(16)6-8(15)10(13)11(12)14/h6-7,17H,3-5,15-16H2,1-2H3. The van der Waals surface area contributed by atoms with Gasteiger partial charge in [0.2, 0.25) is 0 Å². The molecule has 0 bridgehead atoms. The molecular weight excluding hydrogens is 241 g/mol. The molecule has 1 aromatic rings. The fraction of sp³-hybridized carbons (Fsp3) is 0.500. The molecule has 1 rings (SSSR count). The van der Waals surface area contributed by atoms with E-state index in [1.165, 1.54) is 6.07 Å². The summed E-state index contributed by atoms with van der Waals surface area (Å²) in [5.41, 5.74) is 11.9. The molecule has 0 saturated carbocycles. The Morgan fingerprint density at radius 2 is 2.06 bits per heavy atom. The summed E-state index contributed by atoms with van der Waals surface area (Å²) in [6.45, 7) is 4.10. The average Bonchev–Trinajstić information content (AvgIpc) is 2.29. The number of nitrogens with one attached hydrogen (secondary N) is 1. The quantitative estimate of drug-likeness (QED) is 0.708. The van der Waals surface area contributed by atoms with Crippen LogP contribution < -0.4 is 16.8 Å². The second-order valence-electron chi connectivity index (χ2n) is 4.25. The first-order valence-corrected chi connectivity index (χ1v) is 6.14. The minimum atomic E-state index is -0.576. The Hall–Kier alpha value is -1.16. The second kappa shape index (κ2) is 5.96. The van der Waals surface area contributed by atoms with Crippen molar-refractivity contribution in [2.75, 3.05) is 16.8 Å². The van der Waals surface area contributed by atoms with Crippen molar-refractivity contribution < 1.29 is 4.39 Å². The lowest BCUT2D eigenvalue weighted by Gasteiger charge is -2.18. The molecule has 0 radical (unpaired) electrons. The van der Waals surface area contributed by atoms with Crippen molar-refractivity contribution in [2.45, 2.75) is 39.2 Å². The number of hydrogen-bond donors (Lipinski definition) is 3. The highest BCUT2D eigenvalue weighted by Crippen LogP contribution is 2.34. The van der Waals surface area contributed by atoms with Crippen LogP contribution in [0.4, 0.5) is 21.5 Å². The zero-order valence-electron chi connectivity index (χ0n) is 10.2. The molecule has 0 saturated heterocycles. The van der Waals surface area contributed by atoms with E-state index in [0.717, 1.165) is 19.3 Å². The Labute approximate surface area is 106 Å². The van der Waals surface area contributed by atoms with E-state index in [9.17, 15) is 4.39 Å². The molecule has 5 N–H and O–H groups in total. The van der Waals surface area contributed by atoms with Crippen LogP contribution in [0.25, 0.3) is 0 Å². The van der Waals surface area contributed by atoms with Crippen LogP contribution in [0.2, 0.25) is 5.02 Å². The Balaban J connectivity index is 2.87. The number of rotatable bonds is 5. The number of hydrogen-bond acceptors (Lipinski definition) is 3. The Kier molecular flexibility index (Phi) is 4.87. The molecule has 5 heteroatoms. The molecule has 0 aliphatic heterocycles. The summed E-state index contributed by atoms with van der Waals surface area (Å²) in [6, 6.07) is 1.62. The van der Waals surface area contributed by atoms with E-state index in [4.69, 9.17) is 23.1 Å². The maximum Gasteiger partial charge on any atom is 0.169 e. The van der Waals surface area contributed by atoms with Crippen LogP contribution >= 0.6 is 11.6 Å². The Bertz CT molecular complexity index is 396. The van der Waals surface area contributed by atoms with Gasteiger partial charge in [0.25, 0.3) is 0 Å². The van der Waals surface area contributed by atoms with Crippen LogP contribution in [-0.2, 0) is 0 Å². The molecule has 17 heavy (non-hydrogen) atoms. The van der Waals surface area contributed by atoms with Crippen LogP contribution in [0.15, 0.2) is 6.07 Å². The van der Waals surface area contributed by atoms with Crippen LogP contribution in [0.3, 0.4) is 0 Å².